The Kier molecular flexibility index (Phi) is 6.00. The highest BCUT2D eigenvalue weighted by molar-refractivity contribution is 7.90. The number of ether oxygens (including phenoxy) is 1. The summed E-state index contributed by atoms with van der Waals surface area (Å²) in [5.74, 6) is -5.51. The molecule has 4 rings (SSSR count). The number of sulfonamides is 1. The maximum atomic E-state index is 13.4. The molecule has 0 aliphatic rings. The molecule has 2 N–H and O–H groups in total. The van der Waals surface area contributed by atoms with E-state index in [-0.39, 0.29) is 17.8 Å². The fourth-order valence-corrected chi connectivity index (χ4v) is 4.17. The van der Waals surface area contributed by atoms with Gasteiger partial charge in [0.05, 0.1) is 14.9 Å². The molecule has 0 spiro atoms. The first kappa shape index (κ1) is 23.0. The van der Waals surface area contributed by atoms with Crippen molar-refractivity contribution in [3.63, 3.8) is 0 Å². The predicted octanol–water partition coefficient (Wildman–Crippen LogP) is 5.80. The number of H-pyrrole nitrogens is 1. The van der Waals surface area contributed by atoms with Crippen molar-refractivity contribution in [2.45, 2.75) is 4.90 Å². The molecule has 0 atom stereocenters. The van der Waals surface area contributed by atoms with Gasteiger partial charge in [-0.2, -0.15) is 0 Å². The summed E-state index contributed by atoms with van der Waals surface area (Å²) >= 11 is 11.8. The molecule has 170 valence electrons. The Balaban J connectivity index is 1.57. The van der Waals surface area contributed by atoms with Gasteiger partial charge < -0.3 is 9.72 Å². The summed E-state index contributed by atoms with van der Waals surface area (Å²) in [5.41, 5.74) is 0.334. The molecule has 0 aliphatic carbocycles. The molecule has 0 radical (unpaired) electrons. The van der Waals surface area contributed by atoms with Gasteiger partial charge in [-0.05, 0) is 48.5 Å². The maximum Gasteiger partial charge on any atom is 0.281 e. The number of hydrogen-bond acceptors (Lipinski definition) is 4. The molecule has 6 nitrogen and oxygen atoms in total. The lowest BCUT2D eigenvalue weighted by Crippen LogP contribution is -2.31. The molecule has 12 heteroatoms. The Morgan fingerprint density at radius 1 is 0.879 bits per heavy atom. The third-order valence-corrected chi connectivity index (χ3v) is 6.51. The zero-order valence-corrected chi connectivity index (χ0v) is 18.5. The van der Waals surface area contributed by atoms with Crippen LogP contribution in [0.15, 0.2) is 59.5 Å². The zero-order chi connectivity index (χ0) is 23.9. The van der Waals surface area contributed by atoms with E-state index in [9.17, 15) is 26.4 Å². The van der Waals surface area contributed by atoms with Gasteiger partial charge in [0.2, 0.25) is 0 Å². The van der Waals surface area contributed by atoms with Crippen molar-refractivity contribution in [3.05, 3.63) is 87.8 Å². The van der Waals surface area contributed by atoms with Gasteiger partial charge in [-0.3, -0.25) is 4.79 Å². The van der Waals surface area contributed by atoms with Crippen LogP contribution < -0.4 is 9.46 Å². The number of fused-ring (bicyclic) bond motifs is 1. The van der Waals surface area contributed by atoms with Gasteiger partial charge in [0, 0.05) is 17.0 Å². The first-order chi connectivity index (χ1) is 15.5. The van der Waals surface area contributed by atoms with E-state index in [1.807, 2.05) is 0 Å². The number of carbonyl (C=O) groups is 1. The summed E-state index contributed by atoms with van der Waals surface area (Å²) in [4.78, 5) is 14.2. The van der Waals surface area contributed by atoms with Crippen molar-refractivity contribution in [1.29, 1.82) is 0 Å². The number of nitrogens with one attached hydrogen (secondary N) is 2. The summed E-state index contributed by atoms with van der Waals surface area (Å²) in [6.07, 6.45) is 0. The van der Waals surface area contributed by atoms with E-state index in [0.29, 0.717) is 32.4 Å². The van der Waals surface area contributed by atoms with E-state index in [1.165, 1.54) is 12.1 Å². The van der Waals surface area contributed by atoms with Crippen molar-refractivity contribution in [1.82, 2.24) is 9.71 Å². The molecule has 1 heterocycles. The first-order valence-corrected chi connectivity index (χ1v) is 11.2. The molecule has 1 amide bonds. The van der Waals surface area contributed by atoms with E-state index in [1.54, 1.807) is 35.1 Å². The van der Waals surface area contributed by atoms with Crippen LogP contribution in [-0.4, -0.2) is 19.3 Å². The van der Waals surface area contributed by atoms with Crippen molar-refractivity contribution >= 4 is 50.0 Å². The van der Waals surface area contributed by atoms with E-state index in [2.05, 4.69) is 4.98 Å². The van der Waals surface area contributed by atoms with Crippen LogP contribution in [0.4, 0.5) is 13.2 Å². The minimum absolute atomic E-state index is 0.150. The number of amides is 1. The molecule has 0 aliphatic heterocycles. The molecule has 3 aromatic carbocycles. The fourth-order valence-electron chi connectivity index (χ4n) is 2.90. The van der Waals surface area contributed by atoms with Gasteiger partial charge in [-0.1, -0.05) is 23.2 Å². The van der Waals surface area contributed by atoms with Crippen LogP contribution in [0.5, 0.6) is 11.5 Å². The number of rotatable bonds is 5. The molecular formula is C21H11Cl2F3N2O4S. The number of benzene rings is 3. The van der Waals surface area contributed by atoms with Crippen molar-refractivity contribution < 1.29 is 31.1 Å². The van der Waals surface area contributed by atoms with Crippen LogP contribution in [0, 0.1) is 17.5 Å². The maximum absolute atomic E-state index is 13.4. The van der Waals surface area contributed by atoms with Crippen LogP contribution in [-0.2, 0) is 10.0 Å². The molecular weight excluding hydrogens is 504 g/mol. The molecule has 0 unspecified atom stereocenters. The van der Waals surface area contributed by atoms with Gasteiger partial charge in [-0.15, -0.1) is 0 Å². The van der Waals surface area contributed by atoms with Gasteiger partial charge >= 0.3 is 0 Å². The minimum Gasteiger partial charge on any atom is -0.457 e. The third kappa shape index (κ3) is 4.77. The highest BCUT2D eigenvalue weighted by Gasteiger charge is 2.23. The SMILES string of the molecule is O=C(NS(=O)(=O)c1cc(F)c(F)c(F)c1)c1cc2cc(Oc3ccc(Cl)c(Cl)c3)ccc2[nH]1. The number of hydrogen-bond donors (Lipinski definition) is 2. The summed E-state index contributed by atoms with van der Waals surface area (Å²) in [6, 6.07) is 11.4. The normalized spacial score (nSPS) is 11.5. The lowest BCUT2D eigenvalue weighted by Gasteiger charge is -2.07. The minimum atomic E-state index is -4.68. The van der Waals surface area contributed by atoms with Crippen LogP contribution in [0.2, 0.25) is 10.0 Å². The van der Waals surface area contributed by atoms with Gasteiger partial charge in [0.1, 0.15) is 17.2 Å². The third-order valence-electron chi connectivity index (χ3n) is 4.46. The van der Waals surface area contributed by atoms with Crippen molar-refractivity contribution in [2.75, 3.05) is 0 Å². The Hall–Kier alpha value is -3.21. The smallest absolute Gasteiger partial charge is 0.281 e. The Morgan fingerprint density at radius 3 is 2.18 bits per heavy atom. The van der Waals surface area contributed by atoms with E-state index in [4.69, 9.17) is 27.9 Å². The second-order valence-electron chi connectivity index (χ2n) is 6.75. The second kappa shape index (κ2) is 8.62. The molecule has 0 saturated heterocycles. The van der Waals surface area contributed by atoms with E-state index in [0.717, 1.165) is 0 Å². The lowest BCUT2D eigenvalue weighted by atomic mass is 10.2. The first-order valence-electron chi connectivity index (χ1n) is 9.01. The van der Waals surface area contributed by atoms with Crippen LogP contribution in [0.1, 0.15) is 10.5 Å². The summed E-state index contributed by atoms with van der Waals surface area (Å²) in [7, 11) is -4.68. The molecule has 0 saturated carbocycles. The Morgan fingerprint density at radius 2 is 1.52 bits per heavy atom. The largest absolute Gasteiger partial charge is 0.457 e. The predicted molar refractivity (Wildman–Crippen MR) is 116 cm³/mol. The monoisotopic (exact) mass is 514 g/mol. The highest BCUT2D eigenvalue weighted by Crippen LogP contribution is 2.31. The average molecular weight is 515 g/mol. The number of aromatic amines is 1. The number of halogens is 5. The van der Waals surface area contributed by atoms with Gasteiger partial charge in [0.25, 0.3) is 15.9 Å². The van der Waals surface area contributed by atoms with Crippen molar-refractivity contribution in [3.8, 4) is 11.5 Å². The van der Waals surface area contributed by atoms with Crippen LogP contribution in [0.3, 0.4) is 0 Å². The molecule has 4 aromatic rings. The Labute approximate surface area is 194 Å². The Bertz CT molecular complexity index is 1500. The quantitative estimate of drug-likeness (QED) is 0.329. The fraction of sp³-hybridized carbons (Fsp3) is 0. The molecule has 0 fully saturated rings. The summed E-state index contributed by atoms with van der Waals surface area (Å²) in [6.45, 7) is 0. The number of carbonyl (C=O) groups excluding carboxylic acids is 1. The van der Waals surface area contributed by atoms with E-state index >= 15 is 0 Å². The van der Waals surface area contributed by atoms with Gasteiger partial charge in [-0.25, -0.2) is 26.3 Å². The van der Waals surface area contributed by atoms with E-state index < -0.39 is 38.3 Å². The number of aromatic nitrogens is 1. The molecule has 33 heavy (non-hydrogen) atoms. The topological polar surface area (TPSA) is 88.3 Å². The standard InChI is InChI=1S/C21H11Cl2F3N2O4S/c22-14-3-1-12(7-15(14)23)32-11-2-4-18-10(5-11)6-19(27-18)21(29)28-33(30,31)13-8-16(24)20(26)17(25)9-13/h1-9,27H,(H,28,29). The van der Waals surface area contributed by atoms with Crippen molar-refractivity contribution in [2.24, 2.45) is 0 Å². The van der Waals surface area contributed by atoms with Crippen LogP contribution >= 0.6 is 23.2 Å². The van der Waals surface area contributed by atoms with Gasteiger partial charge in [0.15, 0.2) is 17.5 Å². The van der Waals surface area contributed by atoms with Crippen LogP contribution in [0.25, 0.3) is 10.9 Å². The second-order valence-corrected chi connectivity index (χ2v) is 9.24. The lowest BCUT2D eigenvalue weighted by molar-refractivity contribution is 0.0977. The highest BCUT2D eigenvalue weighted by atomic mass is 35.5. The molecule has 1 aromatic heterocycles. The summed E-state index contributed by atoms with van der Waals surface area (Å²) in [5, 5.41) is 1.17. The zero-order valence-electron chi connectivity index (χ0n) is 16.1. The average Bonchev–Trinajstić information content (AvgIpc) is 3.17. The molecule has 0 bridgehead atoms. The summed E-state index contributed by atoms with van der Waals surface area (Å²) < 4.78 is 71.9.